The number of rotatable bonds is 4. The summed E-state index contributed by atoms with van der Waals surface area (Å²) in [4.78, 5) is 19.1. The van der Waals surface area contributed by atoms with Gasteiger partial charge in [-0.25, -0.2) is 9.78 Å². The van der Waals surface area contributed by atoms with E-state index >= 15 is 0 Å². The third-order valence-electron chi connectivity index (χ3n) is 7.06. The highest BCUT2D eigenvalue weighted by Crippen LogP contribution is 2.37. The lowest BCUT2D eigenvalue weighted by atomic mass is 9.91. The van der Waals surface area contributed by atoms with Crippen molar-refractivity contribution in [1.82, 2.24) is 19.7 Å². The molecule has 3 aromatic carbocycles. The van der Waals surface area contributed by atoms with Gasteiger partial charge in [-0.05, 0) is 71.4 Å². The van der Waals surface area contributed by atoms with Gasteiger partial charge in [0.2, 0.25) is 0 Å². The van der Waals surface area contributed by atoms with E-state index in [0.717, 1.165) is 52.8 Å². The smallest absolute Gasteiger partial charge is 0.321 e. The SMILES string of the molecule is CCc1nc2c(Cl)cccc2n1C(C)c1ccc2c(c1)CCc1ccccc1C2=Cc1noc(=O)[nH]1. The van der Waals surface area contributed by atoms with E-state index in [4.69, 9.17) is 21.1 Å². The molecule has 180 valence electrons. The Labute approximate surface area is 213 Å². The number of benzene rings is 3. The van der Waals surface area contributed by atoms with E-state index in [0.29, 0.717) is 10.8 Å². The molecule has 0 spiro atoms. The summed E-state index contributed by atoms with van der Waals surface area (Å²) in [7, 11) is 0. The van der Waals surface area contributed by atoms with Gasteiger partial charge in [0.15, 0.2) is 5.82 Å². The molecule has 0 fully saturated rings. The molecule has 6 rings (SSSR count). The Balaban J connectivity index is 1.49. The summed E-state index contributed by atoms with van der Waals surface area (Å²) in [5.74, 6) is 0.862. The predicted molar refractivity (Wildman–Crippen MR) is 142 cm³/mol. The maximum atomic E-state index is 11.6. The highest BCUT2D eigenvalue weighted by atomic mass is 35.5. The molecule has 0 saturated heterocycles. The normalized spacial score (nSPS) is 15.0. The van der Waals surface area contributed by atoms with Gasteiger partial charge in [-0.2, -0.15) is 0 Å². The summed E-state index contributed by atoms with van der Waals surface area (Å²) in [6, 6.07) is 21.1. The van der Waals surface area contributed by atoms with Crippen molar-refractivity contribution in [3.8, 4) is 0 Å². The summed E-state index contributed by atoms with van der Waals surface area (Å²) in [6.45, 7) is 4.34. The molecule has 0 aliphatic heterocycles. The summed E-state index contributed by atoms with van der Waals surface area (Å²) in [6.07, 6.45) is 4.56. The van der Waals surface area contributed by atoms with Gasteiger partial charge in [0.05, 0.1) is 16.6 Å². The molecule has 0 radical (unpaired) electrons. The van der Waals surface area contributed by atoms with E-state index in [-0.39, 0.29) is 6.04 Å². The van der Waals surface area contributed by atoms with E-state index in [9.17, 15) is 4.79 Å². The van der Waals surface area contributed by atoms with Crippen LogP contribution in [0.1, 0.15) is 59.4 Å². The van der Waals surface area contributed by atoms with Crippen LogP contribution in [0, 0.1) is 0 Å². The second-order valence-corrected chi connectivity index (χ2v) is 9.55. The predicted octanol–water partition coefficient (Wildman–Crippen LogP) is 6.23. The molecule has 6 nitrogen and oxygen atoms in total. The van der Waals surface area contributed by atoms with Crippen LogP contribution in [0.25, 0.3) is 22.7 Å². The number of fused-ring (bicyclic) bond motifs is 3. The van der Waals surface area contributed by atoms with Gasteiger partial charge in [-0.3, -0.25) is 9.51 Å². The van der Waals surface area contributed by atoms with Gasteiger partial charge in [-0.1, -0.05) is 72.2 Å². The van der Waals surface area contributed by atoms with Crippen LogP contribution in [0.3, 0.4) is 0 Å². The third-order valence-corrected chi connectivity index (χ3v) is 7.36. The quantitative estimate of drug-likeness (QED) is 0.320. The van der Waals surface area contributed by atoms with Crippen molar-refractivity contribution in [2.24, 2.45) is 0 Å². The van der Waals surface area contributed by atoms with E-state index < -0.39 is 5.76 Å². The number of nitrogens with zero attached hydrogens (tertiary/aromatic N) is 3. The van der Waals surface area contributed by atoms with Crippen LogP contribution < -0.4 is 5.76 Å². The summed E-state index contributed by atoms with van der Waals surface area (Å²) < 4.78 is 7.04. The van der Waals surface area contributed by atoms with E-state index in [1.807, 2.05) is 24.3 Å². The Morgan fingerprint density at radius 1 is 1.08 bits per heavy atom. The van der Waals surface area contributed by atoms with Crippen LogP contribution in [0.5, 0.6) is 0 Å². The van der Waals surface area contributed by atoms with Gasteiger partial charge in [0.25, 0.3) is 0 Å². The molecular weight excluding hydrogens is 472 g/mol. The zero-order chi connectivity index (χ0) is 24.8. The van der Waals surface area contributed by atoms with Gasteiger partial charge in [0.1, 0.15) is 11.3 Å². The number of H-pyrrole nitrogens is 1. The number of aromatic amines is 1. The molecule has 1 atom stereocenters. The average molecular weight is 497 g/mol. The number of halogens is 1. The Bertz CT molecular complexity index is 1690. The maximum Gasteiger partial charge on any atom is 0.439 e. The van der Waals surface area contributed by atoms with Crippen LogP contribution in [0.15, 0.2) is 70.0 Å². The maximum absolute atomic E-state index is 11.6. The Kier molecular flexibility index (Phi) is 5.61. The molecule has 36 heavy (non-hydrogen) atoms. The summed E-state index contributed by atoms with van der Waals surface area (Å²) in [5, 5.41) is 4.56. The Morgan fingerprint density at radius 3 is 2.69 bits per heavy atom. The first-order chi connectivity index (χ1) is 17.5. The molecule has 0 saturated carbocycles. The zero-order valence-electron chi connectivity index (χ0n) is 20.1. The van der Waals surface area contributed by atoms with Crippen molar-refractivity contribution in [2.45, 2.75) is 39.2 Å². The van der Waals surface area contributed by atoms with E-state index in [1.165, 1.54) is 16.7 Å². The van der Waals surface area contributed by atoms with Crippen LogP contribution in [-0.2, 0) is 19.3 Å². The van der Waals surface area contributed by atoms with Gasteiger partial charge in [0, 0.05) is 6.42 Å². The second-order valence-electron chi connectivity index (χ2n) is 9.15. The first-order valence-electron chi connectivity index (χ1n) is 12.2. The highest BCUT2D eigenvalue weighted by molar-refractivity contribution is 6.34. The molecular formula is C29H25ClN4O2. The molecule has 1 unspecified atom stereocenters. The number of para-hydroxylation sites is 1. The van der Waals surface area contributed by atoms with Gasteiger partial charge >= 0.3 is 5.76 Å². The van der Waals surface area contributed by atoms with Crippen molar-refractivity contribution >= 4 is 34.3 Å². The highest BCUT2D eigenvalue weighted by Gasteiger charge is 2.22. The van der Waals surface area contributed by atoms with Crippen LogP contribution in [0.2, 0.25) is 5.02 Å². The number of hydrogen-bond acceptors (Lipinski definition) is 4. The fourth-order valence-corrected chi connectivity index (χ4v) is 5.53. The zero-order valence-corrected chi connectivity index (χ0v) is 20.8. The minimum Gasteiger partial charge on any atom is -0.321 e. The lowest BCUT2D eigenvalue weighted by Crippen LogP contribution is -2.11. The number of aromatic nitrogens is 4. The standard InChI is InChI=1S/C29H25ClN4O2/c1-3-27-32-28-24(30)9-6-10-25(28)34(27)17(2)19-13-14-22-20(15-19)12-11-18-7-4-5-8-21(18)23(22)16-26-31-29(35)36-33-26/h4-10,13-17H,3,11-12H2,1-2H3,(H,31,33,35). The molecule has 2 aromatic heterocycles. The van der Waals surface area contributed by atoms with Crippen LogP contribution in [0.4, 0.5) is 0 Å². The fourth-order valence-electron chi connectivity index (χ4n) is 5.32. The topological polar surface area (TPSA) is 76.7 Å². The summed E-state index contributed by atoms with van der Waals surface area (Å²) >= 11 is 6.48. The van der Waals surface area contributed by atoms with Crippen molar-refractivity contribution in [3.63, 3.8) is 0 Å². The largest absolute Gasteiger partial charge is 0.439 e. The Hall–Kier alpha value is -3.90. The number of imidazole rings is 1. The molecule has 1 aliphatic rings. The van der Waals surface area contributed by atoms with E-state index in [2.05, 4.69) is 71.0 Å². The molecule has 1 aliphatic carbocycles. The van der Waals surface area contributed by atoms with Crippen LogP contribution >= 0.6 is 11.6 Å². The monoisotopic (exact) mass is 496 g/mol. The first kappa shape index (κ1) is 22.6. The molecule has 7 heteroatoms. The fraction of sp³-hybridized carbons (Fsp3) is 0.207. The minimum absolute atomic E-state index is 0.0821. The van der Waals surface area contributed by atoms with Crippen molar-refractivity contribution in [2.75, 3.05) is 0 Å². The van der Waals surface area contributed by atoms with Gasteiger partial charge in [-0.15, -0.1) is 0 Å². The Morgan fingerprint density at radius 2 is 1.89 bits per heavy atom. The van der Waals surface area contributed by atoms with E-state index in [1.54, 1.807) is 0 Å². The lowest BCUT2D eigenvalue weighted by molar-refractivity contribution is 0.385. The third kappa shape index (κ3) is 3.78. The van der Waals surface area contributed by atoms with Crippen LogP contribution in [-0.4, -0.2) is 19.7 Å². The van der Waals surface area contributed by atoms with Crippen molar-refractivity contribution in [1.29, 1.82) is 0 Å². The molecule has 5 aromatic rings. The molecule has 0 amide bonds. The summed E-state index contributed by atoms with van der Waals surface area (Å²) in [5.41, 5.74) is 8.93. The molecule has 2 heterocycles. The second kappa shape index (κ2) is 8.95. The number of hydrogen-bond donors (Lipinski definition) is 1. The van der Waals surface area contributed by atoms with Crippen molar-refractivity contribution in [3.05, 3.63) is 116 Å². The molecule has 0 bridgehead atoms. The lowest BCUT2D eigenvalue weighted by Gasteiger charge is -2.20. The first-order valence-corrected chi connectivity index (χ1v) is 12.6. The van der Waals surface area contributed by atoms with Gasteiger partial charge < -0.3 is 4.57 Å². The molecule has 1 N–H and O–H groups in total. The average Bonchev–Trinajstić information content (AvgIpc) is 3.45. The minimum atomic E-state index is -0.562. The number of aryl methyl sites for hydroxylation is 3. The van der Waals surface area contributed by atoms with Crippen molar-refractivity contribution < 1.29 is 4.52 Å². The number of nitrogens with one attached hydrogen (secondary N) is 1.